The number of nitrogens with zero attached hydrogens (tertiary/aromatic N) is 5. The molecule has 2 N–H and O–H groups in total. The van der Waals surface area contributed by atoms with Gasteiger partial charge in [0.1, 0.15) is 29.4 Å². The Morgan fingerprint density at radius 1 is 1.39 bits per heavy atom. The zero-order chi connectivity index (χ0) is 22.3. The summed E-state index contributed by atoms with van der Waals surface area (Å²) in [6.45, 7) is 5.67. The first kappa shape index (κ1) is 20.7. The summed E-state index contributed by atoms with van der Waals surface area (Å²) >= 11 is 0. The van der Waals surface area contributed by atoms with Gasteiger partial charge in [0.25, 0.3) is 11.5 Å². The predicted molar refractivity (Wildman–Crippen MR) is 106 cm³/mol. The largest absolute Gasteiger partial charge is 0.501 e. The number of ether oxygens (including phenoxy) is 1. The van der Waals surface area contributed by atoms with Crippen molar-refractivity contribution in [3.05, 3.63) is 63.6 Å². The Labute approximate surface area is 176 Å². The summed E-state index contributed by atoms with van der Waals surface area (Å²) in [5.41, 5.74) is -1.03. The summed E-state index contributed by atoms with van der Waals surface area (Å²) in [4.78, 5) is 33.6. The van der Waals surface area contributed by atoms with Crippen molar-refractivity contribution in [3.8, 4) is 11.4 Å². The van der Waals surface area contributed by atoms with Crippen LogP contribution in [0.4, 0.5) is 4.39 Å². The monoisotopic (exact) mass is 428 g/mol. The average molecular weight is 428 g/mol. The molecular formula is C20H21FN6O4. The lowest BCUT2D eigenvalue weighted by atomic mass is 10.1. The summed E-state index contributed by atoms with van der Waals surface area (Å²) in [5.74, 6) is -1.18. The normalized spacial score (nSPS) is 14.8. The molecule has 162 valence electrons. The fourth-order valence-corrected chi connectivity index (χ4v) is 3.45. The lowest BCUT2D eigenvalue weighted by molar-refractivity contribution is -0.0566. The third kappa shape index (κ3) is 3.79. The molecule has 0 fully saturated rings. The number of nitrogens with one attached hydrogen (secondary N) is 1. The molecule has 11 heteroatoms. The van der Waals surface area contributed by atoms with E-state index in [4.69, 9.17) is 4.74 Å². The molecule has 1 aliphatic rings. The maximum Gasteiger partial charge on any atom is 0.296 e. The highest BCUT2D eigenvalue weighted by Gasteiger charge is 2.34. The fraction of sp³-hybridized carbons (Fsp3) is 0.350. The van der Waals surface area contributed by atoms with Crippen molar-refractivity contribution in [1.82, 2.24) is 29.6 Å². The minimum atomic E-state index is -0.894. The number of fused-ring (bicyclic) bond motifs is 1. The van der Waals surface area contributed by atoms with Crippen LogP contribution in [-0.2, 0) is 23.4 Å². The molecule has 1 amide bonds. The summed E-state index contributed by atoms with van der Waals surface area (Å²) in [6.07, 6.45) is 1.44. The third-order valence-electron chi connectivity index (χ3n) is 5.02. The van der Waals surface area contributed by atoms with Crippen LogP contribution in [0.5, 0.6) is 5.75 Å². The minimum Gasteiger partial charge on any atom is -0.501 e. The van der Waals surface area contributed by atoms with E-state index in [2.05, 4.69) is 20.4 Å². The van der Waals surface area contributed by atoms with Gasteiger partial charge in [0.2, 0.25) is 5.75 Å². The van der Waals surface area contributed by atoms with Crippen molar-refractivity contribution in [2.24, 2.45) is 0 Å². The number of aryl methyl sites for hydroxylation is 1. The summed E-state index contributed by atoms with van der Waals surface area (Å²) < 4.78 is 22.1. The van der Waals surface area contributed by atoms with Crippen molar-refractivity contribution in [3.63, 3.8) is 0 Å². The molecule has 0 atom stereocenters. The number of rotatable bonds is 4. The second kappa shape index (κ2) is 7.58. The molecule has 3 heterocycles. The SMILES string of the molecule is Cc1ncn(-c2cc(F)ccc2CNC(=O)c2nc3n(c(=O)c2O)CCOC3(C)C)n1. The Hall–Kier alpha value is -3.60. The molecule has 0 saturated heterocycles. The number of benzene rings is 1. The van der Waals surface area contributed by atoms with Gasteiger partial charge in [0.15, 0.2) is 5.69 Å². The molecule has 0 spiro atoms. The van der Waals surface area contributed by atoms with E-state index in [-0.39, 0.29) is 18.9 Å². The van der Waals surface area contributed by atoms with Crippen LogP contribution in [0.3, 0.4) is 0 Å². The van der Waals surface area contributed by atoms with E-state index in [1.807, 2.05) is 0 Å². The Bertz CT molecular complexity index is 1230. The first-order valence-electron chi connectivity index (χ1n) is 9.61. The molecule has 3 aromatic rings. The van der Waals surface area contributed by atoms with Crippen LogP contribution in [0.25, 0.3) is 5.69 Å². The summed E-state index contributed by atoms with van der Waals surface area (Å²) in [5, 5.41) is 17.1. The van der Waals surface area contributed by atoms with Crippen molar-refractivity contribution < 1.29 is 19.0 Å². The van der Waals surface area contributed by atoms with E-state index < -0.39 is 34.3 Å². The highest BCUT2D eigenvalue weighted by Crippen LogP contribution is 2.27. The Morgan fingerprint density at radius 3 is 2.87 bits per heavy atom. The molecule has 1 aromatic carbocycles. The van der Waals surface area contributed by atoms with Crippen molar-refractivity contribution >= 4 is 5.91 Å². The van der Waals surface area contributed by atoms with Gasteiger partial charge in [-0.15, -0.1) is 0 Å². The molecule has 10 nitrogen and oxygen atoms in total. The molecule has 2 aromatic heterocycles. The van der Waals surface area contributed by atoms with Gasteiger partial charge in [-0.1, -0.05) is 6.07 Å². The van der Waals surface area contributed by atoms with Crippen LogP contribution in [0.1, 0.15) is 41.5 Å². The number of hydrogen-bond acceptors (Lipinski definition) is 7. The molecule has 0 saturated carbocycles. The highest BCUT2D eigenvalue weighted by molar-refractivity contribution is 5.94. The van der Waals surface area contributed by atoms with E-state index in [0.717, 1.165) is 0 Å². The van der Waals surface area contributed by atoms with Crippen molar-refractivity contribution in [2.45, 2.75) is 39.5 Å². The zero-order valence-electron chi connectivity index (χ0n) is 17.2. The Morgan fingerprint density at radius 2 is 2.16 bits per heavy atom. The van der Waals surface area contributed by atoms with E-state index >= 15 is 0 Å². The number of carbonyl (C=O) groups is 1. The Balaban J connectivity index is 1.64. The topological polar surface area (TPSA) is 124 Å². The third-order valence-corrected chi connectivity index (χ3v) is 5.02. The van der Waals surface area contributed by atoms with Crippen LogP contribution in [0.2, 0.25) is 0 Å². The van der Waals surface area contributed by atoms with Gasteiger partial charge in [-0.05, 0) is 38.5 Å². The number of aromatic hydroxyl groups is 1. The van der Waals surface area contributed by atoms with Gasteiger partial charge in [-0.2, -0.15) is 5.10 Å². The van der Waals surface area contributed by atoms with Gasteiger partial charge in [0.05, 0.1) is 18.8 Å². The van der Waals surface area contributed by atoms with Crippen molar-refractivity contribution in [1.29, 1.82) is 0 Å². The van der Waals surface area contributed by atoms with Gasteiger partial charge < -0.3 is 15.2 Å². The maximum absolute atomic E-state index is 13.8. The average Bonchev–Trinajstić information content (AvgIpc) is 3.15. The summed E-state index contributed by atoms with van der Waals surface area (Å²) in [6, 6.07) is 4.04. The minimum absolute atomic E-state index is 0.0210. The number of aromatic nitrogens is 5. The van der Waals surface area contributed by atoms with Crippen LogP contribution < -0.4 is 10.9 Å². The molecule has 0 radical (unpaired) electrons. The lowest BCUT2D eigenvalue weighted by Crippen LogP contribution is -2.42. The van der Waals surface area contributed by atoms with Crippen LogP contribution >= 0.6 is 0 Å². The quantitative estimate of drug-likeness (QED) is 0.639. The maximum atomic E-state index is 13.8. The van der Waals surface area contributed by atoms with Gasteiger partial charge >= 0.3 is 0 Å². The molecule has 4 rings (SSSR count). The molecule has 0 bridgehead atoms. The molecule has 31 heavy (non-hydrogen) atoms. The van der Waals surface area contributed by atoms with Gasteiger partial charge in [0, 0.05) is 6.54 Å². The molecular weight excluding hydrogens is 407 g/mol. The lowest BCUT2D eigenvalue weighted by Gasteiger charge is -2.32. The van der Waals surface area contributed by atoms with Gasteiger partial charge in [-0.3, -0.25) is 14.2 Å². The first-order chi connectivity index (χ1) is 14.7. The van der Waals surface area contributed by atoms with Crippen LogP contribution in [0, 0.1) is 12.7 Å². The zero-order valence-corrected chi connectivity index (χ0v) is 17.2. The van der Waals surface area contributed by atoms with Gasteiger partial charge in [-0.25, -0.2) is 19.0 Å². The van der Waals surface area contributed by atoms with Crippen LogP contribution in [-0.4, -0.2) is 41.9 Å². The molecule has 1 aliphatic heterocycles. The van der Waals surface area contributed by atoms with E-state index in [9.17, 15) is 19.1 Å². The molecule has 0 aliphatic carbocycles. The van der Waals surface area contributed by atoms with E-state index in [1.165, 1.54) is 33.8 Å². The standard InChI is InChI=1S/C20H21FN6O4/c1-11-23-10-27(25-11)14-8-13(21)5-4-12(14)9-22-17(29)15-16(28)18(30)26-6-7-31-20(2,3)19(26)24-15/h4-5,8,10,28H,6-7,9H2,1-3H3,(H,22,29). The highest BCUT2D eigenvalue weighted by atomic mass is 19.1. The second-order valence-electron chi connectivity index (χ2n) is 7.64. The van der Waals surface area contributed by atoms with Crippen molar-refractivity contribution in [2.75, 3.05) is 6.61 Å². The van der Waals surface area contributed by atoms with Crippen LogP contribution in [0.15, 0.2) is 29.3 Å². The molecule has 0 unspecified atom stereocenters. The number of halogens is 1. The van der Waals surface area contributed by atoms with E-state index in [1.54, 1.807) is 20.8 Å². The second-order valence-corrected chi connectivity index (χ2v) is 7.64. The number of amides is 1. The Kier molecular flexibility index (Phi) is 5.05. The number of carbonyl (C=O) groups excluding carboxylic acids is 1. The number of hydrogen-bond donors (Lipinski definition) is 2. The fourth-order valence-electron chi connectivity index (χ4n) is 3.45. The first-order valence-corrected chi connectivity index (χ1v) is 9.61. The summed E-state index contributed by atoms with van der Waals surface area (Å²) in [7, 11) is 0. The van der Waals surface area contributed by atoms with E-state index in [0.29, 0.717) is 23.7 Å². The predicted octanol–water partition coefficient (Wildman–Crippen LogP) is 1.17. The smallest absolute Gasteiger partial charge is 0.296 e.